The first-order chi connectivity index (χ1) is 6.83. The molecular formula is C11H18N2S. The van der Waals surface area contributed by atoms with Gasteiger partial charge in [-0.3, -0.25) is 0 Å². The van der Waals surface area contributed by atoms with Crippen LogP contribution in [0.1, 0.15) is 11.5 Å². The van der Waals surface area contributed by atoms with E-state index < -0.39 is 0 Å². The molecule has 78 valence electrons. The molecule has 3 N–H and O–H groups in total. The Morgan fingerprint density at radius 1 is 1.43 bits per heavy atom. The van der Waals surface area contributed by atoms with E-state index in [4.69, 9.17) is 5.73 Å². The SMILES string of the molecule is CNCC(CN)c1ccccc1SC. The fourth-order valence-corrected chi connectivity index (χ4v) is 2.26. The van der Waals surface area contributed by atoms with Crippen molar-refractivity contribution in [1.29, 1.82) is 0 Å². The monoisotopic (exact) mass is 210 g/mol. The molecule has 2 nitrogen and oxygen atoms in total. The lowest BCUT2D eigenvalue weighted by atomic mass is 9.99. The van der Waals surface area contributed by atoms with E-state index in [0.717, 1.165) is 6.54 Å². The Balaban J connectivity index is 2.90. The van der Waals surface area contributed by atoms with Gasteiger partial charge in [-0.25, -0.2) is 0 Å². The average Bonchev–Trinajstić information content (AvgIpc) is 2.26. The third kappa shape index (κ3) is 2.74. The van der Waals surface area contributed by atoms with Gasteiger partial charge in [-0.1, -0.05) is 18.2 Å². The lowest BCUT2D eigenvalue weighted by Gasteiger charge is -2.17. The van der Waals surface area contributed by atoms with Crippen molar-refractivity contribution < 1.29 is 0 Å². The molecule has 1 aromatic rings. The van der Waals surface area contributed by atoms with Crippen LogP contribution in [0, 0.1) is 0 Å². The highest BCUT2D eigenvalue weighted by molar-refractivity contribution is 7.98. The third-order valence-corrected chi connectivity index (χ3v) is 3.13. The van der Waals surface area contributed by atoms with Gasteiger partial charge in [-0.05, 0) is 24.9 Å². The van der Waals surface area contributed by atoms with Crippen LogP contribution < -0.4 is 11.1 Å². The molecule has 0 amide bonds. The quantitative estimate of drug-likeness (QED) is 0.726. The first-order valence-electron chi connectivity index (χ1n) is 4.81. The van der Waals surface area contributed by atoms with Crippen LogP contribution in [0.4, 0.5) is 0 Å². The van der Waals surface area contributed by atoms with Crippen molar-refractivity contribution >= 4 is 11.8 Å². The molecule has 0 spiro atoms. The minimum absolute atomic E-state index is 0.420. The van der Waals surface area contributed by atoms with E-state index in [-0.39, 0.29) is 0 Å². The molecule has 0 aromatic heterocycles. The second kappa shape index (κ2) is 6.06. The highest BCUT2D eigenvalue weighted by Crippen LogP contribution is 2.26. The van der Waals surface area contributed by atoms with Crippen LogP contribution >= 0.6 is 11.8 Å². The molecule has 0 heterocycles. The number of hydrogen-bond donors (Lipinski definition) is 2. The number of likely N-dealkylation sites (N-methyl/N-ethyl adjacent to an activating group) is 1. The largest absolute Gasteiger partial charge is 0.330 e. The van der Waals surface area contributed by atoms with Gasteiger partial charge in [0.25, 0.3) is 0 Å². The highest BCUT2D eigenvalue weighted by Gasteiger charge is 2.11. The number of nitrogens with one attached hydrogen (secondary N) is 1. The van der Waals surface area contributed by atoms with Gasteiger partial charge in [0.15, 0.2) is 0 Å². The van der Waals surface area contributed by atoms with Crippen LogP contribution in [0.2, 0.25) is 0 Å². The summed E-state index contributed by atoms with van der Waals surface area (Å²) in [6, 6.07) is 8.47. The Hall–Kier alpha value is -0.510. The summed E-state index contributed by atoms with van der Waals surface area (Å²) in [5, 5.41) is 3.18. The molecule has 0 aliphatic carbocycles. The Bertz CT molecular complexity index is 276. The zero-order valence-corrected chi connectivity index (χ0v) is 9.60. The summed E-state index contributed by atoms with van der Waals surface area (Å²) >= 11 is 1.78. The molecular weight excluding hydrogens is 192 g/mol. The van der Waals surface area contributed by atoms with Gasteiger partial charge in [-0.2, -0.15) is 0 Å². The molecule has 0 saturated carbocycles. The Morgan fingerprint density at radius 3 is 2.71 bits per heavy atom. The first kappa shape index (κ1) is 11.6. The second-order valence-corrected chi connectivity index (χ2v) is 4.08. The summed E-state index contributed by atoms with van der Waals surface area (Å²) in [6.45, 7) is 1.63. The van der Waals surface area contributed by atoms with Crippen molar-refractivity contribution in [2.24, 2.45) is 5.73 Å². The zero-order valence-electron chi connectivity index (χ0n) is 8.79. The van der Waals surface area contributed by atoms with E-state index in [9.17, 15) is 0 Å². The van der Waals surface area contributed by atoms with E-state index in [0.29, 0.717) is 12.5 Å². The number of nitrogens with two attached hydrogens (primary N) is 1. The van der Waals surface area contributed by atoms with Crippen molar-refractivity contribution in [1.82, 2.24) is 5.32 Å². The normalized spacial score (nSPS) is 12.8. The minimum atomic E-state index is 0.420. The van der Waals surface area contributed by atoms with E-state index >= 15 is 0 Å². The van der Waals surface area contributed by atoms with Crippen LogP contribution in [0.3, 0.4) is 0 Å². The standard InChI is InChI=1S/C11H18N2S/c1-13-8-9(7-12)10-5-3-4-6-11(10)14-2/h3-6,9,13H,7-8,12H2,1-2H3. The molecule has 0 saturated heterocycles. The van der Waals surface area contributed by atoms with Crippen molar-refractivity contribution in [3.05, 3.63) is 29.8 Å². The second-order valence-electron chi connectivity index (χ2n) is 3.23. The lowest BCUT2D eigenvalue weighted by molar-refractivity contribution is 0.629. The lowest BCUT2D eigenvalue weighted by Crippen LogP contribution is -2.24. The maximum absolute atomic E-state index is 5.77. The van der Waals surface area contributed by atoms with Crippen molar-refractivity contribution in [2.45, 2.75) is 10.8 Å². The molecule has 1 atom stereocenters. The predicted molar refractivity (Wildman–Crippen MR) is 63.9 cm³/mol. The number of thioether (sulfide) groups is 1. The summed E-state index contributed by atoms with van der Waals surface area (Å²) < 4.78 is 0. The summed E-state index contributed by atoms with van der Waals surface area (Å²) in [5.74, 6) is 0.420. The highest BCUT2D eigenvalue weighted by atomic mass is 32.2. The first-order valence-corrected chi connectivity index (χ1v) is 6.03. The van der Waals surface area contributed by atoms with E-state index in [2.05, 4.69) is 35.8 Å². The number of hydrogen-bond acceptors (Lipinski definition) is 3. The predicted octanol–water partition coefficient (Wildman–Crippen LogP) is 1.67. The maximum Gasteiger partial charge on any atom is 0.0105 e. The molecule has 0 fully saturated rings. The van der Waals surface area contributed by atoms with Gasteiger partial charge in [-0.15, -0.1) is 11.8 Å². The van der Waals surface area contributed by atoms with Crippen LogP contribution in [0.15, 0.2) is 29.2 Å². The minimum Gasteiger partial charge on any atom is -0.330 e. The van der Waals surface area contributed by atoms with Crippen molar-refractivity contribution in [3.8, 4) is 0 Å². The van der Waals surface area contributed by atoms with Crippen LogP contribution in [0.5, 0.6) is 0 Å². The fraction of sp³-hybridized carbons (Fsp3) is 0.455. The maximum atomic E-state index is 5.77. The third-order valence-electron chi connectivity index (χ3n) is 2.31. The topological polar surface area (TPSA) is 38.0 Å². The van der Waals surface area contributed by atoms with Crippen LogP contribution in [-0.4, -0.2) is 26.4 Å². The summed E-state index contributed by atoms with van der Waals surface area (Å²) in [6.07, 6.45) is 2.10. The average molecular weight is 210 g/mol. The summed E-state index contributed by atoms with van der Waals surface area (Å²) in [5.41, 5.74) is 7.12. The Kier molecular flexibility index (Phi) is 5.01. The molecule has 3 heteroatoms. The summed E-state index contributed by atoms with van der Waals surface area (Å²) in [7, 11) is 1.96. The Morgan fingerprint density at radius 2 is 2.14 bits per heavy atom. The zero-order chi connectivity index (χ0) is 10.4. The molecule has 0 aliphatic heterocycles. The van der Waals surface area contributed by atoms with Gasteiger partial charge in [0.05, 0.1) is 0 Å². The summed E-state index contributed by atoms with van der Waals surface area (Å²) in [4.78, 5) is 1.33. The van der Waals surface area contributed by atoms with E-state index in [1.807, 2.05) is 7.05 Å². The number of benzene rings is 1. The molecule has 14 heavy (non-hydrogen) atoms. The smallest absolute Gasteiger partial charge is 0.0105 e. The molecule has 0 aliphatic rings. The van der Waals surface area contributed by atoms with Gasteiger partial charge >= 0.3 is 0 Å². The molecule has 0 bridgehead atoms. The molecule has 1 aromatic carbocycles. The van der Waals surface area contributed by atoms with Gasteiger partial charge in [0.1, 0.15) is 0 Å². The fourth-order valence-electron chi connectivity index (χ4n) is 1.57. The van der Waals surface area contributed by atoms with E-state index in [1.54, 1.807) is 11.8 Å². The van der Waals surface area contributed by atoms with E-state index in [1.165, 1.54) is 10.5 Å². The van der Waals surface area contributed by atoms with Gasteiger partial charge in [0, 0.05) is 23.9 Å². The van der Waals surface area contributed by atoms with Gasteiger partial charge < -0.3 is 11.1 Å². The van der Waals surface area contributed by atoms with Crippen LogP contribution in [-0.2, 0) is 0 Å². The molecule has 0 radical (unpaired) electrons. The van der Waals surface area contributed by atoms with Crippen LogP contribution in [0.25, 0.3) is 0 Å². The van der Waals surface area contributed by atoms with Gasteiger partial charge in [0.2, 0.25) is 0 Å². The Labute approximate surface area is 90.3 Å². The number of rotatable bonds is 5. The van der Waals surface area contributed by atoms with Crippen molar-refractivity contribution in [2.75, 3.05) is 26.4 Å². The molecule has 1 rings (SSSR count). The van der Waals surface area contributed by atoms with Crippen molar-refractivity contribution in [3.63, 3.8) is 0 Å². The molecule has 1 unspecified atom stereocenters.